The lowest BCUT2D eigenvalue weighted by molar-refractivity contribution is 0.182. The van der Waals surface area contributed by atoms with Gasteiger partial charge in [-0.2, -0.15) is 5.10 Å². The summed E-state index contributed by atoms with van der Waals surface area (Å²) in [4.78, 5) is 16.6. The highest BCUT2D eigenvalue weighted by Crippen LogP contribution is 2.41. The average molecular weight is 387 g/mol. The molecule has 0 radical (unpaired) electrons. The normalized spacial score (nSPS) is 24.0. The van der Waals surface area contributed by atoms with Crippen molar-refractivity contribution in [1.29, 1.82) is 0 Å². The van der Waals surface area contributed by atoms with Gasteiger partial charge in [-0.15, -0.1) is 5.10 Å². The van der Waals surface area contributed by atoms with E-state index in [2.05, 4.69) is 20.4 Å². The second kappa shape index (κ2) is 7.69. The number of likely N-dealkylation sites (N-methyl/N-ethyl adjacent to an activating group) is 1. The minimum absolute atomic E-state index is 0.0369. The number of anilines is 1. The third-order valence-electron chi connectivity index (χ3n) is 5.62. The fourth-order valence-electron chi connectivity index (χ4n) is 3.83. The van der Waals surface area contributed by atoms with Crippen molar-refractivity contribution in [1.82, 2.24) is 20.4 Å². The number of halogens is 2. The lowest BCUT2D eigenvalue weighted by Crippen LogP contribution is -2.52. The molecule has 2 heterocycles. The van der Waals surface area contributed by atoms with Gasteiger partial charge in [-0.05, 0) is 49.1 Å². The van der Waals surface area contributed by atoms with E-state index in [-0.39, 0.29) is 24.0 Å². The predicted molar refractivity (Wildman–Crippen MR) is 101 cm³/mol. The summed E-state index contributed by atoms with van der Waals surface area (Å²) in [6.07, 6.45) is 4.28. The van der Waals surface area contributed by atoms with Gasteiger partial charge >= 0.3 is 6.03 Å². The molecule has 2 fully saturated rings. The maximum absolute atomic E-state index is 13.4. The monoisotopic (exact) mass is 387 g/mol. The molecule has 0 bridgehead atoms. The molecule has 6 nitrogen and oxygen atoms in total. The molecule has 0 spiro atoms. The summed E-state index contributed by atoms with van der Waals surface area (Å²) in [5, 5.41) is 11.1. The molecule has 2 aliphatic rings. The van der Waals surface area contributed by atoms with Crippen LogP contribution in [0.5, 0.6) is 0 Å². The first-order chi connectivity index (χ1) is 13.5. The molecule has 4 rings (SSSR count). The number of nitrogens with zero attached hydrogens (tertiary/aromatic N) is 4. The van der Waals surface area contributed by atoms with Crippen molar-refractivity contribution in [2.75, 3.05) is 25.0 Å². The Balaban J connectivity index is 1.33. The third kappa shape index (κ3) is 3.90. The molecule has 1 aliphatic heterocycles. The number of hydrogen-bond acceptors (Lipinski definition) is 4. The Hall–Kier alpha value is -2.77. The summed E-state index contributed by atoms with van der Waals surface area (Å²) in [5.74, 6) is -0.843. The Bertz CT molecular complexity index is 850. The standard InChI is InChI=1S/C20H23F2N5O/c1-26(14-4-3-9-27(12-14)19-5-2-8-23-25-19)20(28)24-18-11-15(18)13-6-7-16(21)17(22)10-13/h2,5-8,10,14-15,18H,3-4,9,11-12H2,1H3,(H,24,28)/t14-,15+,18-/m1/s1. The fraction of sp³-hybridized carbons (Fsp3) is 0.450. The molecule has 1 aromatic heterocycles. The van der Waals surface area contributed by atoms with Crippen LogP contribution in [0.3, 0.4) is 0 Å². The van der Waals surface area contributed by atoms with E-state index in [1.165, 1.54) is 6.07 Å². The van der Waals surface area contributed by atoms with E-state index in [0.29, 0.717) is 6.54 Å². The zero-order valence-corrected chi connectivity index (χ0v) is 15.7. The number of nitrogens with one attached hydrogen (secondary N) is 1. The highest BCUT2D eigenvalue weighted by atomic mass is 19.2. The lowest BCUT2D eigenvalue weighted by atomic mass is 10.0. The summed E-state index contributed by atoms with van der Waals surface area (Å²) in [5.41, 5.74) is 0.721. The zero-order chi connectivity index (χ0) is 19.7. The van der Waals surface area contributed by atoms with Gasteiger partial charge < -0.3 is 15.1 Å². The highest BCUT2D eigenvalue weighted by molar-refractivity contribution is 5.75. The molecule has 28 heavy (non-hydrogen) atoms. The molecule has 3 atom stereocenters. The number of aromatic nitrogens is 2. The summed E-state index contributed by atoms with van der Waals surface area (Å²) in [7, 11) is 1.80. The highest BCUT2D eigenvalue weighted by Gasteiger charge is 2.41. The molecule has 2 amide bonds. The summed E-state index contributed by atoms with van der Waals surface area (Å²) < 4.78 is 26.5. The fourth-order valence-corrected chi connectivity index (χ4v) is 3.83. The molecule has 1 aliphatic carbocycles. The number of amides is 2. The molecule has 148 valence electrons. The Morgan fingerprint density at radius 1 is 1.29 bits per heavy atom. The van der Waals surface area contributed by atoms with Crippen molar-refractivity contribution in [3.8, 4) is 0 Å². The first-order valence-corrected chi connectivity index (χ1v) is 9.54. The van der Waals surface area contributed by atoms with E-state index in [4.69, 9.17) is 0 Å². The van der Waals surface area contributed by atoms with Gasteiger partial charge in [0, 0.05) is 38.3 Å². The lowest BCUT2D eigenvalue weighted by Gasteiger charge is -2.38. The maximum atomic E-state index is 13.4. The van der Waals surface area contributed by atoms with Gasteiger partial charge in [-0.1, -0.05) is 6.07 Å². The SMILES string of the molecule is CN(C(=O)N[C@@H]1C[C@H]1c1ccc(F)c(F)c1)[C@@H]1CCCN(c2cccnn2)C1. The molecule has 2 aromatic rings. The van der Waals surface area contributed by atoms with Crippen LogP contribution >= 0.6 is 0 Å². The predicted octanol–water partition coefficient (Wildman–Crippen LogP) is 2.92. The third-order valence-corrected chi connectivity index (χ3v) is 5.62. The van der Waals surface area contributed by atoms with Crippen LogP contribution in [0.15, 0.2) is 36.5 Å². The van der Waals surface area contributed by atoms with Gasteiger partial charge in [0.15, 0.2) is 17.5 Å². The largest absolute Gasteiger partial charge is 0.353 e. The first kappa shape index (κ1) is 18.6. The van der Waals surface area contributed by atoms with Crippen LogP contribution < -0.4 is 10.2 Å². The van der Waals surface area contributed by atoms with Crippen LogP contribution in [-0.2, 0) is 0 Å². The van der Waals surface area contributed by atoms with E-state index < -0.39 is 11.6 Å². The molecule has 1 N–H and O–H groups in total. The Labute approximate surface area is 162 Å². The van der Waals surface area contributed by atoms with Gasteiger partial charge in [-0.3, -0.25) is 0 Å². The van der Waals surface area contributed by atoms with Crippen molar-refractivity contribution in [3.05, 3.63) is 53.7 Å². The molecule has 1 saturated carbocycles. The minimum Gasteiger partial charge on any atom is -0.353 e. The van der Waals surface area contributed by atoms with E-state index in [0.717, 1.165) is 43.3 Å². The minimum atomic E-state index is -0.852. The van der Waals surface area contributed by atoms with Crippen LogP contribution in [0.25, 0.3) is 0 Å². The Morgan fingerprint density at radius 3 is 2.89 bits per heavy atom. The second-order valence-electron chi connectivity index (χ2n) is 7.51. The number of carbonyl (C=O) groups is 1. The van der Waals surface area contributed by atoms with Gasteiger partial charge in [0.25, 0.3) is 0 Å². The van der Waals surface area contributed by atoms with Crippen LogP contribution in [0.2, 0.25) is 0 Å². The molecule has 1 aromatic carbocycles. The zero-order valence-electron chi connectivity index (χ0n) is 15.7. The molecular formula is C20H23F2N5O. The summed E-state index contributed by atoms with van der Waals surface area (Å²) in [6.45, 7) is 1.60. The van der Waals surface area contributed by atoms with Gasteiger partial charge in [0.1, 0.15) is 0 Å². The van der Waals surface area contributed by atoms with E-state index in [1.807, 2.05) is 12.1 Å². The number of piperidine rings is 1. The van der Waals surface area contributed by atoms with Gasteiger partial charge in [-0.25, -0.2) is 13.6 Å². The molecule has 1 saturated heterocycles. The average Bonchev–Trinajstić information content (AvgIpc) is 3.49. The van der Waals surface area contributed by atoms with E-state index in [1.54, 1.807) is 24.2 Å². The second-order valence-corrected chi connectivity index (χ2v) is 7.51. The molecule has 8 heteroatoms. The van der Waals surface area contributed by atoms with Crippen molar-refractivity contribution in [2.45, 2.75) is 37.3 Å². The number of hydrogen-bond donors (Lipinski definition) is 1. The van der Waals surface area contributed by atoms with Gasteiger partial charge in [0.2, 0.25) is 0 Å². The van der Waals surface area contributed by atoms with Crippen LogP contribution in [0.4, 0.5) is 19.4 Å². The Morgan fingerprint density at radius 2 is 2.14 bits per heavy atom. The molecule has 0 unspecified atom stereocenters. The van der Waals surface area contributed by atoms with Gasteiger partial charge in [0.05, 0.1) is 6.04 Å². The van der Waals surface area contributed by atoms with Crippen molar-refractivity contribution >= 4 is 11.8 Å². The van der Waals surface area contributed by atoms with Crippen LogP contribution in [0.1, 0.15) is 30.7 Å². The van der Waals surface area contributed by atoms with Crippen molar-refractivity contribution < 1.29 is 13.6 Å². The number of benzene rings is 1. The topological polar surface area (TPSA) is 61.4 Å². The number of carbonyl (C=O) groups excluding carboxylic acids is 1. The van der Waals surface area contributed by atoms with Crippen LogP contribution in [-0.4, -0.2) is 53.3 Å². The summed E-state index contributed by atoms with van der Waals surface area (Å²) in [6, 6.07) is 7.61. The smallest absolute Gasteiger partial charge is 0.317 e. The maximum Gasteiger partial charge on any atom is 0.317 e. The van der Waals surface area contributed by atoms with Crippen molar-refractivity contribution in [2.24, 2.45) is 0 Å². The van der Waals surface area contributed by atoms with E-state index >= 15 is 0 Å². The summed E-state index contributed by atoms with van der Waals surface area (Å²) >= 11 is 0. The quantitative estimate of drug-likeness (QED) is 0.876. The first-order valence-electron chi connectivity index (χ1n) is 9.54. The Kier molecular flexibility index (Phi) is 5.11. The van der Waals surface area contributed by atoms with Crippen LogP contribution in [0, 0.1) is 11.6 Å². The molecular weight excluding hydrogens is 364 g/mol. The number of urea groups is 1. The van der Waals surface area contributed by atoms with E-state index in [9.17, 15) is 13.6 Å². The van der Waals surface area contributed by atoms with Crippen molar-refractivity contribution in [3.63, 3.8) is 0 Å². The number of rotatable bonds is 4.